The standard InChI is InChI=1S/C30H30F3N5O4/c1-38(2)25-23-9-5-6-10-24(23)36-29(37-25)35-21-14-12-20(13-15-21)34-26(39)27(42-28(40)30(31,32)33)41-22-16-11-18-7-3-4-8-19(18)17-22/h3-11,16-17,20-21,27H,12-15H2,1-2H3,(H,34,39)(H,35,36,37). The molecule has 2 N–H and O–H groups in total. The lowest BCUT2D eigenvalue weighted by Gasteiger charge is -2.31. The number of rotatable bonds is 8. The maximum absolute atomic E-state index is 13.0. The van der Waals surface area contributed by atoms with Crippen LogP contribution in [0, 0.1) is 0 Å². The SMILES string of the molecule is CN(C)c1nc(NC2CCC(NC(=O)C(OC(=O)C(F)(F)F)Oc3ccc4ccccc4c3)CC2)nc2ccccc12. The largest absolute Gasteiger partial charge is 0.491 e. The molecule has 0 bridgehead atoms. The highest BCUT2D eigenvalue weighted by Crippen LogP contribution is 2.27. The van der Waals surface area contributed by atoms with Crippen LogP contribution in [0.1, 0.15) is 25.7 Å². The molecule has 0 saturated heterocycles. The Morgan fingerprint density at radius 3 is 2.29 bits per heavy atom. The van der Waals surface area contributed by atoms with Gasteiger partial charge >= 0.3 is 24.3 Å². The maximum Gasteiger partial charge on any atom is 0.491 e. The molecule has 0 radical (unpaired) electrons. The van der Waals surface area contributed by atoms with Gasteiger partial charge in [0, 0.05) is 31.6 Å². The van der Waals surface area contributed by atoms with E-state index in [9.17, 15) is 22.8 Å². The van der Waals surface area contributed by atoms with Gasteiger partial charge in [-0.3, -0.25) is 4.79 Å². The number of hydrogen-bond acceptors (Lipinski definition) is 8. The molecule has 4 aromatic rings. The van der Waals surface area contributed by atoms with E-state index in [1.807, 2.05) is 55.4 Å². The molecule has 1 atom stereocenters. The van der Waals surface area contributed by atoms with Gasteiger partial charge < -0.3 is 25.0 Å². The summed E-state index contributed by atoms with van der Waals surface area (Å²) in [6.07, 6.45) is -5.03. The smallest absolute Gasteiger partial charge is 0.446 e. The van der Waals surface area contributed by atoms with E-state index in [0.717, 1.165) is 27.5 Å². The summed E-state index contributed by atoms with van der Waals surface area (Å²) in [7, 11) is 3.82. The van der Waals surface area contributed by atoms with Crippen LogP contribution in [-0.2, 0) is 14.3 Å². The minimum atomic E-state index is -5.29. The van der Waals surface area contributed by atoms with Crippen LogP contribution in [0.4, 0.5) is 24.9 Å². The van der Waals surface area contributed by atoms with Gasteiger partial charge in [-0.05, 0) is 60.7 Å². The molecule has 3 aromatic carbocycles. The molecule has 1 saturated carbocycles. The highest BCUT2D eigenvalue weighted by atomic mass is 19.4. The summed E-state index contributed by atoms with van der Waals surface area (Å²) < 4.78 is 48.9. The number of nitrogens with one attached hydrogen (secondary N) is 2. The first-order valence-electron chi connectivity index (χ1n) is 13.5. The highest BCUT2D eigenvalue weighted by Gasteiger charge is 2.44. The Morgan fingerprint density at radius 1 is 0.905 bits per heavy atom. The summed E-state index contributed by atoms with van der Waals surface area (Å²) in [6.45, 7) is 0. The van der Waals surface area contributed by atoms with Gasteiger partial charge in [0.05, 0.1) is 5.52 Å². The zero-order chi connectivity index (χ0) is 29.9. The van der Waals surface area contributed by atoms with Crippen LogP contribution >= 0.6 is 0 Å². The molecule has 5 rings (SSSR count). The van der Waals surface area contributed by atoms with Crippen molar-refractivity contribution in [3.8, 4) is 5.75 Å². The van der Waals surface area contributed by atoms with Crippen molar-refractivity contribution >= 4 is 45.3 Å². The molecule has 1 unspecified atom stereocenters. The van der Waals surface area contributed by atoms with Crippen molar-refractivity contribution in [2.45, 2.75) is 50.2 Å². The van der Waals surface area contributed by atoms with Gasteiger partial charge in [-0.25, -0.2) is 9.78 Å². The lowest BCUT2D eigenvalue weighted by atomic mass is 9.91. The van der Waals surface area contributed by atoms with Crippen molar-refractivity contribution in [1.29, 1.82) is 0 Å². The minimum Gasteiger partial charge on any atom is -0.446 e. The quantitative estimate of drug-likeness (QED) is 0.216. The first-order valence-corrected chi connectivity index (χ1v) is 13.5. The number of fused-ring (bicyclic) bond motifs is 2. The molecule has 1 fully saturated rings. The van der Waals surface area contributed by atoms with Crippen molar-refractivity contribution in [1.82, 2.24) is 15.3 Å². The Hall–Kier alpha value is -4.61. The fourth-order valence-electron chi connectivity index (χ4n) is 4.96. The van der Waals surface area contributed by atoms with Crippen LogP contribution in [0.25, 0.3) is 21.7 Å². The predicted molar refractivity (Wildman–Crippen MR) is 152 cm³/mol. The Morgan fingerprint density at radius 2 is 1.57 bits per heavy atom. The number of ether oxygens (including phenoxy) is 2. The fourth-order valence-corrected chi connectivity index (χ4v) is 4.96. The first-order chi connectivity index (χ1) is 20.1. The third-order valence-electron chi connectivity index (χ3n) is 7.04. The zero-order valence-electron chi connectivity index (χ0n) is 23.0. The molecule has 1 aliphatic carbocycles. The van der Waals surface area contributed by atoms with E-state index < -0.39 is 24.3 Å². The average molecular weight is 582 g/mol. The Balaban J connectivity index is 1.23. The van der Waals surface area contributed by atoms with Crippen LogP contribution in [0.5, 0.6) is 5.75 Å². The van der Waals surface area contributed by atoms with E-state index in [1.54, 1.807) is 24.3 Å². The zero-order valence-corrected chi connectivity index (χ0v) is 23.0. The van der Waals surface area contributed by atoms with Gasteiger partial charge in [-0.15, -0.1) is 0 Å². The van der Waals surface area contributed by atoms with Crippen LogP contribution in [0.3, 0.4) is 0 Å². The second-order valence-corrected chi connectivity index (χ2v) is 10.3. The van der Waals surface area contributed by atoms with Gasteiger partial charge in [0.25, 0.3) is 0 Å². The Labute approximate surface area is 240 Å². The van der Waals surface area contributed by atoms with Gasteiger partial charge in [0.1, 0.15) is 11.6 Å². The third kappa shape index (κ3) is 6.81. The lowest BCUT2D eigenvalue weighted by molar-refractivity contribution is -0.216. The molecule has 1 aromatic heterocycles. The van der Waals surface area contributed by atoms with Crippen LogP contribution in [0.2, 0.25) is 0 Å². The monoisotopic (exact) mass is 581 g/mol. The molecular formula is C30H30F3N5O4. The van der Waals surface area contributed by atoms with E-state index in [4.69, 9.17) is 4.74 Å². The maximum atomic E-state index is 13.0. The number of carbonyl (C=O) groups excluding carboxylic acids is 2. The predicted octanol–water partition coefficient (Wildman–Crippen LogP) is 5.20. The highest BCUT2D eigenvalue weighted by molar-refractivity contribution is 5.90. The fraction of sp³-hybridized carbons (Fsp3) is 0.333. The van der Waals surface area contributed by atoms with Gasteiger partial charge in [-0.2, -0.15) is 18.2 Å². The number of aromatic nitrogens is 2. The van der Waals surface area contributed by atoms with Crippen molar-refractivity contribution in [3.05, 3.63) is 66.7 Å². The Kier molecular flexibility index (Phi) is 8.32. The topological polar surface area (TPSA) is 106 Å². The summed E-state index contributed by atoms with van der Waals surface area (Å²) in [5, 5.41) is 8.62. The number of amides is 1. The number of para-hydroxylation sites is 1. The van der Waals surface area contributed by atoms with Crippen LogP contribution in [-0.4, -0.2) is 60.5 Å². The summed E-state index contributed by atoms with van der Waals surface area (Å²) in [5.74, 6) is -2.11. The molecule has 1 heterocycles. The lowest BCUT2D eigenvalue weighted by Crippen LogP contribution is -2.48. The number of esters is 1. The van der Waals surface area contributed by atoms with Crippen molar-refractivity contribution in [3.63, 3.8) is 0 Å². The second-order valence-electron chi connectivity index (χ2n) is 10.3. The summed E-state index contributed by atoms with van der Waals surface area (Å²) in [6, 6.07) is 19.4. The van der Waals surface area contributed by atoms with Crippen LogP contribution < -0.4 is 20.3 Å². The van der Waals surface area contributed by atoms with Crippen molar-refractivity contribution < 1.29 is 32.2 Å². The van der Waals surface area contributed by atoms with E-state index in [2.05, 4.69) is 25.3 Å². The van der Waals surface area contributed by atoms with Crippen LogP contribution in [0.15, 0.2) is 66.7 Å². The second kappa shape index (κ2) is 12.1. The molecule has 1 amide bonds. The number of nitrogens with zero attached hydrogens (tertiary/aromatic N) is 3. The molecule has 0 spiro atoms. The number of hydrogen-bond donors (Lipinski definition) is 2. The number of alkyl halides is 3. The van der Waals surface area contributed by atoms with Crippen molar-refractivity contribution in [2.75, 3.05) is 24.3 Å². The normalized spacial score (nSPS) is 17.8. The molecule has 1 aliphatic rings. The van der Waals surface area contributed by atoms with Crippen molar-refractivity contribution in [2.24, 2.45) is 0 Å². The van der Waals surface area contributed by atoms with E-state index >= 15 is 0 Å². The summed E-state index contributed by atoms with van der Waals surface area (Å²) in [4.78, 5) is 35.8. The minimum absolute atomic E-state index is 0.0297. The van der Waals surface area contributed by atoms with E-state index in [0.29, 0.717) is 31.6 Å². The summed E-state index contributed by atoms with van der Waals surface area (Å²) >= 11 is 0. The Bertz CT molecular complexity index is 1590. The van der Waals surface area contributed by atoms with E-state index in [1.165, 1.54) is 6.07 Å². The number of benzene rings is 3. The first kappa shape index (κ1) is 28.9. The number of carbonyl (C=O) groups is 2. The summed E-state index contributed by atoms with van der Waals surface area (Å²) in [5.41, 5.74) is 0.811. The van der Waals surface area contributed by atoms with Gasteiger partial charge in [0.15, 0.2) is 0 Å². The van der Waals surface area contributed by atoms with Gasteiger partial charge in [-0.1, -0.05) is 42.5 Å². The molecule has 0 aliphatic heterocycles. The molecule has 9 nitrogen and oxygen atoms in total. The third-order valence-corrected chi connectivity index (χ3v) is 7.04. The van der Waals surface area contributed by atoms with E-state index in [-0.39, 0.29) is 17.8 Å². The number of halogens is 3. The average Bonchev–Trinajstić information content (AvgIpc) is 2.96. The molecule has 12 heteroatoms. The molecule has 42 heavy (non-hydrogen) atoms. The molecule has 220 valence electrons. The number of anilines is 2. The van der Waals surface area contributed by atoms with Gasteiger partial charge in [0.2, 0.25) is 5.95 Å². The molecular weight excluding hydrogens is 551 g/mol.